The number of H-pyrrole nitrogens is 1. The van der Waals surface area contributed by atoms with Crippen molar-refractivity contribution in [3.8, 4) is 11.3 Å². The molecule has 0 spiro atoms. The lowest BCUT2D eigenvalue weighted by molar-refractivity contribution is 0.224. The molecule has 30 heavy (non-hydrogen) atoms. The maximum atomic E-state index is 12.0. The first-order valence-electron chi connectivity index (χ1n) is 10.9. The first-order valence-corrected chi connectivity index (χ1v) is 10.9. The second kappa shape index (κ2) is 11.1. The summed E-state index contributed by atoms with van der Waals surface area (Å²) in [5.41, 5.74) is 2.76. The number of nitrogens with zero attached hydrogens (tertiary/aromatic N) is 2. The van der Waals surface area contributed by atoms with Crippen LogP contribution in [0.1, 0.15) is 38.5 Å². The van der Waals surface area contributed by atoms with Crippen LogP contribution in [0.15, 0.2) is 53.3 Å². The van der Waals surface area contributed by atoms with E-state index in [9.17, 15) is 4.79 Å². The zero-order chi connectivity index (χ0) is 19.9. The van der Waals surface area contributed by atoms with Crippen LogP contribution < -0.4 is 10.9 Å². The third-order valence-electron chi connectivity index (χ3n) is 5.76. The van der Waals surface area contributed by atoms with Crippen LogP contribution >= 0.6 is 12.4 Å². The Labute approximate surface area is 184 Å². The van der Waals surface area contributed by atoms with Crippen LogP contribution in [-0.2, 0) is 0 Å². The molecule has 0 atom stereocenters. The van der Waals surface area contributed by atoms with Crippen molar-refractivity contribution in [3.63, 3.8) is 0 Å². The number of halogens is 1. The number of unbranched alkanes of at least 4 members (excludes halogenated alkanes) is 2. The molecular weight excluding hydrogens is 396 g/mol. The number of rotatable bonds is 8. The van der Waals surface area contributed by atoms with E-state index in [1.54, 1.807) is 0 Å². The van der Waals surface area contributed by atoms with E-state index in [1.807, 2.05) is 36.4 Å². The van der Waals surface area contributed by atoms with E-state index in [-0.39, 0.29) is 18.0 Å². The van der Waals surface area contributed by atoms with Gasteiger partial charge in [0.25, 0.3) is 5.56 Å². The quantitative estimate of drug-likeness (QED) is 0.493. The van der Waals surface area contributed by atoms with E-state index in [0.717, 1.165) is 28.9 Å². The van der Waals surface area contributed by atoms with Gasteiger partial charge in [0.2, 0.25) is 0 Å². The van der Waals surface area contributed by atoms with Crippen LogP contribution in [0.5, 0.6) is 0 Å². The smallest absolute Gasteiger partial charge is 0.272 e. The molecule has 1 aliphatic rings. The summed E-state index contributed by atoms with van der Waals surface area (Å²) in [6, 6.07) is 15.9. The Kier molecular flexibility index (Phi) is 8.29. The van der Waals surface area contributed by atoms with Crippen LogP contribution in [0.25, 0.3) is 22.0 Å². The summed E-state index contributed by atoms with van der Waals surface area (Å²) in [7, 11) is 0. The van der Waals surface area contributed by atoms with Crippen LogP contribution in [0.4, 0.5) is 5.69 Å². The molecule has 1 saturated heterocycles. The number of benzene rings is 2. The van der Waals surface area contributed by atoms with Crippen LogP contribution in [-0.4, -0.2) is 41.3 Å². The summed E-state index contributed by atoms with van der Waals surface area (Å²) in [5, 5.41) is 12.0. The lowest BCUT2D eigenvalue weighted by Gasteiger charge is -2.26. The summed E-state index contributed by atoms with van der Waals surface area (Å²) < 4.78 is 0. The van der Waals surface area contributed by atoms with Gasteiger partial charge in [-0.05, 0) is 63.5 Å². The molecule has 1 aromatic heterocycles. The molecule has 2 aromatic carbocycles. The van der Waals surface area contributed by atoms with E-state index < -0.39 is 0 Å². The maximum Gasteiger partial charge on any atom is 0.272 e. The third-order valence-corrected chi connectivity index (χ3v) is 5.76. The molecule has 0 radical (unpaired) electrons. The molecular formula is C24H31ClN4O. The molecule has 0 amide bonds. The van der Waals surface area contributed by atoms with Gasteiger partial charge in [0, 0.05) is 23.2 Å². The van der Waals surface area contributed by atoms with Gasteiger partial charge in [-0.15, -0.1) is 12.4 Å². The Morgan fingerprint density at radius 3 is 2.57 bits per heavy atom. The highest BCUT2D eigenvalue weighted by molar-refractivity contribution is 5.94. The van der Waals surface area contributed by atoms with Crippen molar-refractivity contribution >= 4 is 28.9 Å². The molecule has 1 aliphatic heterocycles. The molecule has 4 rings (SSSR count). The first kappa shape index (κ1) is 22.3. The van der Waals surface area contributed by atoms with Crippen molar-refractivity contribution in [1.29, 1.82) is 0 Å². The predicted molar refractivity (Wildman–Crippen MR) is 128 cm³/mol. The van der Waals surface area contributed by atoms with Gasteiger partial charge in [0.15, 0.2) is 0 Å². The Balaban J connectivity index is 0.00000256. The standard InChI is InChI=1S/C24H30N4O.ClH/c29-24-22-13-4-3-12-21(22)23(26-27-24)19-10-9-11-20(18-19)25-14-5-1-6-15-28-16-7-2-8-17-28;/h3-4,9-13,18,25H,1-2,5-8,14-17H2,(H,27,29);1H. The number of hydrogen-bond donors (Lipinski definition) is 2. The minimum absolute atomic E-state index is 0. The van der Waals surface area contributed by atoms with Gasteiger partial charge < -0.3 is 10.2 Å². The Bertz CT molecular complexity index is 998. The van der Waals surface area contributed by atoms with Crippen molar-refractivity contribution in [2.45, 2.75) is 38.5 Å². The van der Waals surface area contributed by atoms with Crippen LogP contribution in [0, 0.1) is 0 Å². The minimum atomic E-state index is -0.150. The molecule has 2 heterocycles. The molecule has 6 heteroatoms. The topological polar surface area (TPSA) is 61.0 Å². The second-order valence-corrected chi connectivity index (χ2v) is 7.92. The summed E-state index contributed by atoms with van der Waals surface area (Å²) in [6.45, 7) is 4.81. The van der Waals surface area contributed by atoms with Gasteiger partial charge in [-0.2, -0.15) is 5.10 Å². The summed E-state index contributed by atoms with van der Waals surface area (Å²) >= 11 is 0. The monoisotopic (exact) mass is 426 g/mol. The zero-order valence-electron chi connectivity index (χ0n) is 17.4. The Morgan fingerprint density at radius 2 is 1.73 bits per heavy atom. The fourth-order valence-electron chi connectivity index (χ4n) is 4.16. The van der Waals surface area contributed by atoms with E-state index in [1.165, 1.54) is 58.2 Å². The fourth-order valence-corrected chi connectivity index (χ4v) is 4.16. The lowest BCUT2D eigenvalue weighted by atomic mass is 10.0. The van der Waals surface area contributed by atoms with E-state index in [4.69, 9.17) is 0 Å². The maximum absolute atomic E-state index is 12.0. The number of hydrogen-bond acceptors (Lipinski definition) is 4. The van der Waals surface area contributed by atoms with Gasteiger partial charge in [0.1, 0.15) is 0 Å². The number of aromatic nitrogens is 2. The van der Waals surface area contributed by atoms with Crippen LogP contribution in [0.2, 0.25) is 0 Å². The number of likely N-dealkylation sites (tertiary alicyclic amines) is 1. The summed E-state index contributed by atoms with van der Waals surface area (Å²) in [4.78, 5) is 14.6. The van der Waals surface area contributed by atoms with Crippen molar-refractivity contribution in [3.05, 3.63) is 58.9 Å². The molecule has 2 N–H and O–H groups in total. The van der Waals surface area contributed by atoms with E-state index >= 15 is 0 Å². The number of fused-ring (bicyclic) bond motifs is 1. The zero-order valence-corrected chi connectivity index (χ0v) is 18.2. The second-order valence-electron chi connectivity index (χ2n) is 7.92. The third kappa shape index (κ3) is 5.61. The molecule has 160 valence electrons. The molecule has 0 unspecified atom stereocenters. The minimum Gasteiger partial charge on any atom is -0.385 e. The molecule has 0 aliphatic carbocycles. The number of anilines is 1. The van der Waals surface area contributed by atoms with E-state index in [0.29, 0.717) is 5.39 Å². The van der Waals surface area contributed by atoms with Gasteiger partial charge in [0.05, 0.1) is 11.1 Å². The number of nitrogens with one attached hydrogen (secondary N) is 2. The highest BCUT2D eigenvalue weighted by atomic mass is 35.5. The molecule has 3 aromatic rings. The number of aromatic amines is 1. The molecule has 1 fully saturated rings. The van der Waals surface area contributed by atoms with Crippen molar-refractivity contribution < 1.29 is 0 Å². The number of piperidine rings is 1. The van der Waals surface area contributed by atoms with Crippen molar-refractivity contribution in [1.82, 2.24) is 15.1 Å². The fraction of sp³-hybridized carbons (Fsp3) is 0.417. The Hall–Kier alpha value is -2.37. The predicted octanol–water partition coefficient (Wildman–Crippen LogP) is 5.08. The molecule has 0 bridgehead atoms. The van der Waals surface area contributed by atoms with Gasteiger partial charge in [-0.3, -0.25) is 4.79 Å². The summed E-state index contributed by atoms with van der Waals surface area (Å²) in [6.07, 6.45) is 7.88. The van der Waals surface area contributed by atoms with Gasteiger partial charge >= 0.3 is 0 Å². The molecule has 5 nitrogen and oxygen atoms in total. The van der Waals surface area contributed by atoms with E-state index in [2.05, 4.69) is 32.5 Å². The van der Waals surface area contributed by atoms with Crippen molar-refractivity contribution in [2.24, 2.45) is 0 Å². The van der Waals surface area contributed by atoms with Crippen molar-refractivity contribution in [2.75, 3.05) is 31.5 Å². The van der Waals surface area contributed by atoms with Gasteiger partial charge in [-0.1, -0.05) is 43.2 Å². The Morgan fingerprint density at radius 1 is 0.933 bits per heavy atom. The lowest BCUT2D eigenvalue weighted by Crippen LogP contribution is -2.30. The highest BCUT2D eigenvalue weighted by Gasteiger charge is 2.10. The SMILES string of the molecule is Cl.O=c1[nH]nc(-c2cccc(NCCCCCN3CCCCC3)c2)c2ccccc12. The average molecular weight is 427 g/mol. The molecule has 0 saturated carbocycles. The summed E-state index contributed by atoms with van der Waals surface area (Å²) in [5.74, 6) is 0. The largest absolute Gasteiger partial charge is 0.385 e. The average Bonchev–Trinajstić information content (AvgIpc) is 2.77. The highest BCUT2D eigenvalue weighted by Crippen LogP contribution is 2.26. The normalized spacial score (nSPS) is 14.4. The first-order chi connectivity index (χ1) is 14.3. The van der Waals surface area contributed by atoms with Gasteiger partial charge in [-0.25, -0.2) is 5.10 Å². The van der Waals surface area contributed by atoms with Crippen LogP contribution in [0.3, 0.4) is 0 Å².